The normalized spacial score (nSPS) is 17.8. The van der Waals surface area contributed by atoms with Crippen molar-refractivity contribution in [2.24, 2.45) is 5.41 Å². The van der Waals surface area contributed by atoms with Gasteiger partial charge in [0, 0.05) is 5.97 Å². The molecular formula is C32H35O6-. The molecule has 2 N–H and O–H groups in total. The van der Waals surface area contributed by atoms with E-state index in [1.807, 2.05) is 44.2 Å². The number of aliphatic carboxylic acids is 1. The van der Waals surface area contributed by atoms with Gasteiger partial charge in [-0.3, -0.25) is 0 Å². The van der Waals surface area contributed by atoms with Crippen LogP contribution in [0.1, 0.15) is 58.6 Å². The Labute approximate surface area is 223 Å². The Morgan fingerprint density at radius 2 is 1.79 bits per heavy atom. The van der Waals surface area contributed by atoms with Gasteiger partial charge in [-0.25, -0.2) is 0 Å². The number of fused-ring (bicyclic) bond motifs is 1. The van der Waals surface area contributed by atoms with E-state index in [4.69, 9.17) is 14.6 Å². The molecule has 2 aliphatic rings. The summed E-state index contributed by atoms with van der Waals surface area (Å²) >= 11 is 0. The number of hydrogen-bond acceptors (Lipinski definition) is 6. The van der Waals surface area contributed by atoms with Crippen LogP contribution >= 0.6 is 0 Å². The van der Waals surface area contributed by atoms with Crippen LogP contribution in [0.5, 0.6) is 11.5 Å². The third-order valence-electron chi connectivity index (χ3n) is 8.30. The van der Waals surface area contributed by atoms with Gasteiger partial charge in [0.05, 0.1) is 6.61 Å². The maximum absolute atomic E-state index is 11.3. The molecule has 5 rings (SSSR count). The van der Waals surface area contributed by atoms with E-state index in [0.29, 0.717) is 12.4 Å². The molecule has 1 saturated carbocycles. The van der Waals surface area contributed by atoms with Crippen LogP contribution in [0.4, 0.5) is 0 Å². The molecule has 1 unspecified atom stereocenters. The molecular weight excluding hydrogens is 480 g/mol. The average molecular weight is 516 g/mol. The molecule has 2 atom stereocenters. The molecule has 1 spiro atoms. The number of carboxylic acid groups (broad SMARTS) is 1. The standard InChI is InChI=1S/C32H36O6/c1-19-11-26(38-18-24(34)16-33)12-20(2)31(19)27-6-4-5-22(21(27)3)17-37-25-7-8-28-23(13-25)15-32(9-10-32)29(28)14-30(35)36/h4-8,11-13,24,29,33-34H,9-10,14-18H2,1-3H3,(H,35,36)/p-1/t24-,29?/m1/s1. The van der Waals surface area contributed by atoms with Crippen LogP contribution in [-0.2, 0) is 17.8 Å². The quantitative estimate of drug-likeness (QED) is 0.421. The number of carboxylic acids is 1. The summed E-state index contributed by atoms with van der Waals surface area (Å²) < 4.78 is 11.9. The lowest BCUT2D eigenvalue weighted by atomic mass is 9.87. The molecule has 0 heterocycles. The van der Waals surface area contributed by atoms with Crippen molar-refractivity contribution in [2.75, 3.05) is 13.2 Å². The predicted octanol–water partition coefficient (Wildman–Crippen LogP) is 4.15. The van der Waals surface area contributed by atoms with Crippen LogP contribution in [-0.4, -0.2) is 35.5 Å². The van der Waals surface area contributed by atoms with E-state index in [9.17, 15) is 15.0 Å². The zero-order valence-corrected chi connectivity index (χ0v) is 22.3. The summed E-state index contributed by atoms with van der Waals surface area (Å²) in [5.74, 6) is 0.550. The molecule has 0 amide bonds. The molecule has 0 radical (unpaired) electrons. The summed E-state index contributed by atoms with van der Waals surface area (Å²) in [6.07, 6.45) is 2.27. The molecule has 38 heavy (non-hydrogen) atoms. The number of carbonyl (C=O) groups excluding carboxylic acids is 1. The van der Waals surface area contributed by atoms with Crippen molar-refractivity contribution in [2.45, 2.75) is 65.1 Å². The van der Waals surface area contributed by atoms with Crippen LogP contribution in [0, 0.1) is 26.2 Å². The van der Waals surface area contributed by atoms with Crippen molar-refractivity contribution in [1.82, 2.24) is 0 Å². The van der Waals surface area contributed by atoms with Gasteiger partial charge in [0.15, 0.2) is 0 Å². The Kier molecular flexibility index (Phi) is 7.21. The van der Waals surface area contributed by atoms with E-state index in [2.05, 4.69) is 25.1 Å². The van der Waals surface area contributed by atoms with Crippen LogP contribution in [0.25, 0.3) is 11.1 Å². The Morgan fingerprint density at radius 1 is 1.05 bits per heavy atom. The van der Waals surface area contributed by atoms with Crippen LogP contribution in [0.15, 0.2) is 48.5 Å². The molecule has 1 fully saturated rings. The number of benzene rings is 3. The third-order valence-corrected chi connectivity index (χ3v) is 8.30. The summed E-state index contributed by atoms with van der Waals surface area (Å²) in [4.78, 5) is 11.3. The summed E-state index contributed by atoms with van der Waals surface area (Å²) in [6, 6.07) is 16.3. The van der Waals surface area contributed by atoms with Gasteiger partial charge in [-0.1, -0.05) is 24.3 Å². The van der Waals surface area contributed by atoms with E-state index in [1.54, 1.807) is 0 Å². The number of hydrogen-bond donors (Lipinski definition) is 2. The lowest BCUT2D eigenvalue weighted by molar-refractivity contribution is -0.306. The maximum Gasteiger partial charge on any atom is 0.120 e. The van der Waals surface area contributed by atoms with Crippen molar-refractivity contribution in [3.05, 3.63) is 81.9 Å². The van der Waals surface area contributed by atoms with Crippen LogP contribution < -0.4 is 14.6 Å². The minimum absolute atomic E-state index is 0.0433. The fourth-order valence-electron chi connectivity index (χ4n) is 6.13. The summed E-state index contributed by atoms with van der Waals surface area (Å²) in [5.41, 5.74) is 9.12. The largest absolute Gasteiger partial charge is 0.550 e. The van der Waals surface area contributed by atoms with Crippen molar-refractivity contribution in [1.29, 1.82) is 0 Å². The van der Waals surface area contributed by atoms with Crippen molar-refractivity contribution in [3.63, 3.8) is 0 Å². The van der Waals surface area contributed by atoms with E-state index in [0.717, 1.165) is 64.0 Å². The lowest BCUT2D eigenvalue weighted by Crippen LogP contribution is -2.26. The molecule has 0 saturated heterocycles. The Morgan fingerprint density at radius 3 is 2.45 bits per heavy atom. The molecule has 0 aromatic heterocycles. The monoisotopic (exact) mass is 515 g/mol. The summed E-state index contributed by atoms with van der Waals surface area (Å²) in [7, 11) is 0. The molecule has 0 aliphatic heterocycles. The highest BCUT2D eigenvalue weighted by Gasteiger charge is 2.54. The van der Waals surface area contributed by atoms with Crippen LogP contribution in [0.3, 0.4) is 0 Å². The van der Waals surface area contributed by atoms with E-state index in [1.165, 1.54) is 5.56 Å². The number of aliphatic hydroxyl groups is 2. The molecule has 6 nitrogen and oxygen atoms in total. The second-order valence-corrected chi connectivity index (χ2v) is 11.0. The zero-order valence-electron chi connectivity index (χ0n) is 22.3. The summed E-state index contributed by atoms with van der Waals surface area (Å²) in [5, 5.41) is 30.0. The second-order valence-electron chi connectivity index (χ2n) is 11.0. The number of rotatable bonds is 10. The van der Waals surface area contributed by atoms with Gasteiger partial charge in [-0.05, 0) is 127 Å². The van der Waals surface area contributed by atoms with Gasteiger partial charge in [0.25, 0.3) is 0 Å². The molecule has 2 aliphatic carbocycles. The van der Waals surface area contributed by atoms with Crippen molar-refractivity contribution in [3.8, 4) is 22.6 Å². The topological polar surface area (TPSA) is 99.1 Å². The first kappa shape index (κ1) is 26.3. The fraction of sp³-hybridized carbons (Fsp3) is 0.406. The highest BCUT2D eigenvalue weighted by atomic mass is 16.5. The fourth-order valence-corrected chi connectivity index (χ4v) is 6.13. The van der Waals surface area contributed by atoms with Gasteiger partial charge < -0.3 is 29.6 Å². The molecule has 3 aromatic carbocycles. The number of ether oxygens (including phenoxy) is 2. The number of carbonyl (C=O) groups is 1. The van der Waals surface area contributed by atoms with Gasteiger partial charge in [-0.15, -0.1) is 0 Å². The SMILES string of the molecule is Cc1cc(OC[C@H](O)CO)cc(C)c1-c1cccc(COc2ccc3c(c2)CC2(CC2)C3CC(=O)[O-])c1C. The minimum atomic E-state index is -0.974. The van der Waals surface area contributed by atoms with E-state index in [-0.39, 0.29) is 31.0 Å². The minimum Gasteiger partial charge on any atom is -0.550 e. The average Bonchev–Trinajstić information content (AvgIpc) is 3.59. The van der Waals surface area contributed by atoms with Crippen molar-refractivity contribution >= 4 is 5.97 Å². The maximum atomic E-state index is 11.3. The van der Waals surface area contributed by atoms with Crippen LogP contribution in [0.2, 0.25) is 0 Å². The molecule has 3 aromatic rings. The molecule has 0 bridgehead atoms. The van der Waals surface area contributed by atoms with E-state index < -0.39 is 12.1 Å². The highest BCUT2D eigenvalue weighted by Crippen LogP contribution is 2.64. The second kappa shape index (κ2) is 10.4. The Hall–Kier alpha value is -3.35. The predicted molar refractivity (Wildman–Crippen MR) is 143 cm³/mol. The number of aliphatic hydroxyl groups excluding tert-OH is 2. The van der Waals surface area contributed by atoms with Gasteiger partial charge >= 0.3 is 0 Å². The highest BCUT2D eigenvalue weighted by molar-refractivity contribution is 5.75. The van der Waals surface area contributed by atoms with Crippen molar-refractivity contribution < 1.29 is 29.6 Å². The molecule has 200 valence electrons. The zero-order chi connectivity index (χ0) is 27.0. The lowest BCUT2D eigenvalue weighted by Gasteiger charge is -2.20. The number of aryl methyl sites for hydroxylation is 2. The van der Waals surface area contributed by atoms with E-state index >= 15 is 0 Å². The van der Waals surface area contributed by atoms with Gasteiger partial charge in [-0.2, -0.15) is 0 Å². The summed E-state index contributed by atoms with van der Waals surface area (Å²) in [6.45, 7) is 6.35. The first-order chi connectivity index (χ1) is 18.2. The van der Waals surface area contributed by atoms with Gasteiger partial charge in [0.1, 0.15) is 30.8 Å². The Balaban J connectivity index is 1.33. The smallest absolute Gasteiger partial charge is 0.120 e. The van der Waals surface area contributed by atoms with Gasteiger partial charge in [0.2, 0.25) is 0 Å². The first-order valence-corrected chi connectivity index (χ1v) is 13.3. The molecule has 6 heteroatoms. The first-order valence-electron chi connectivity index (χ1n) is 13.3. The third kappa shape index (κ3) is 5.16. The Bertz CT molecular complexity index is 1330.